The van der Waals surface area contributed by atoms with E-state index >= 15 is 0 Å². The molecular weight excluding hydrogens is 134 g/mol. The second kappa shape index (κ2) is 4.42. The largest absolute Gasteiger partial charge is 0.381 e. The third kappa shape index (κ3) is 4.07. The van der Waals surface area contributed by atoms with Crippen molar-refractivity contribution in [2.45, 2.75) is 27.2 Å². The second-order valence-electron chi connectivity index (χ2n) is 3.89. The highest BCUT2D eigenvalue weighted by Gasteiger charge is 2.08. The topological polar surface area (TPSA) is 3.24 Å². The summed E-state index contributed by atoms with van der Waals surface area (Å²) in [5.41, 5.74) is 1.23. The van der Waals surface area contributed by atoms with Crippen molar-refractivity contribution >= 4 is 0 Å². The van der Waals surface area contributed by atoms with Crippen LogP contribution in [-0.2, 0) is 0 Å². The number of rotatable bonds is 4. The molecule has 0 saturated carbocycles. The normalized spacial score (nSPS) is 13.3. The van der Waals surface area contributed by atoms with Crippen molar-refractivity contribution in [3.63, 3.8) is 0 Å². The van der Waals surface area contributed by atoms with E-state index in [0.29, 0.717) is 0 Å². The lowest BCUT2D eigenvalue weighted by atomic mass is 9.93. The van der Waals surface area contributed by atoms with Crippen LogP contribution in [0.3, 0.4) is 0 Å². The lowest BCUT2D eigenvalue weighted by Gasteiger charge is -2.21. The van der Waals surface area contributed by atoms with E-state index in [0.717, 1.165) is 18.3 Å². The van der Waals surface area contributed by atoms with Crippen molar-refractivity contribution in [2.24, 2.45) is 11.8 Å². The minimum atomic E-state index is 0.741. The molecule has 0 aromatic carbocycles. The quantitative estimate of drug-likeness (QED) is 0.603. The van der Waals surface area contributed by atoms with Gasteiger partial charge in [0.05, 0.1) is 0 Å². The Morgan fingerprint density at radius 2 is 1.73 bits per heavy atom. The Hall–Kier alpha value is -0.460. The summed E-state index contributed by atoms with van der Waals surface area (Å²) < 4.78 is 0. The average molecular weight is 155 g/mol. The van der Waals surface area contributed by atoms with Crippen LogP contribution in [0.5, 0.6) is 0 Å². The standard InChI is InChI=1S/C10H21N/c1-8(2)9(3)7-10(4)11(5)6/h8-9H,4,7H2,1-3,5-6H3/t9-/m1/s1. The Bertz CT molecular complexity index is 125. The van der Waals surface area contributed by atoms with E-state index in [4.69, 9.17) is 0 Å². The zero-order valence-electron chi connectivity index (χ0n) is 8.52. The van der Waals surface area contributed by atoms with Crippen LogP contribution in [0.2, 0.25) is 0 Å². The van der Waals surface area contributed by atoms with Gasteiger partial charge in [0.1, 0.15) is 0 Å². The Balaban J connectivity index is 3.76. The van der Waals surface area contributed by atoms with E-state index in [2.05, 4.69) is 46.3 Å². The molecule has 0 amide bonds. The maximum absolute atomic E-state index is 4.00. The summed E-state index contributed by atoms with van der Waals surface area (Å²) in [6.45, 7) is 10.8. The van der Waals surface area contributed by atoms with Crippen LogP contribution in [0.25, 0.3) is 0 Å². The molecule has 1 nitrogen and oxygen atoms in total. The first-order chi connectivity index (χ1) is 4.95. The number of hydrogen-bond donors (Lipinski definition) is 0. The lowest BCUT2D eigenvalue weighted by molar-refractivity contribution is 0.371. The summed E-state index contributed by atoms with van der Waals surface area (Å²) in [7, 11) is 4.10. The summed E-state index contributed by atoms with van der Waals surface area (Å²) in [4.78, 5) is 2.10. The SMILES string of the molecule is C=C(C[C@@H](C)C(C)C)N(C)C. The highest BCUT2D eigenvalue weighted by Crippen LogP contribution is 2.18. The molecule has 0 aromatic heterocycles. The molecule has 0 spiro atoms. The molecule has 0 aromatic rings. The fourth-order valence-corrected chi connectivity index (χ4v) is 0.790. The zero-order valence-corrected chi connectivity index (χ0v) is 8.52. The van der Waals surface area contributed by atoms with Gasteiger partial charge in [-0.05, 0) is 18.3 Å². The van der Waals surface area contributed by atoms with Gasteiger partial charge in [-0.3, -0.25) is 0 Å². The fraction of sp³-hybridized carbons (Fsp3) is 0.800. The molecule has 1 atom stereocenters. The van der Waals surface area contributed by atoms with Crippen molar-refractivity contribution in [1.29, 1.82) is 0 Å². The minimum Gasteiger partial charge on any atom is -0.381 e. The highest BCUT2D eigenvalue weighted by atomic mass is 15.1. The van der Waals surface area contributed by atoms with E-state index < -0.39 is 0 Å². The van der Waals surface area contributed by atoms with Crippen LogP contribution in [0.1, 0.15) is 27.2 Å². The molecule has 0 radical (unpaired) electrons. The zero-order chi connectivity index (χ0) is 9.02. The number of hydrogen-bond acceptors (Lipinski definition) is 1. The van der Waals surface area contributed by atoms with Crippen molar-refractivity contribution in [3.8, 4) is 0 Å². The maximum atomic E-state index is 4.00. The fourth-order valence-electron chi connectivity index (χ4n) is 0.790. The molecule has 0 saturated heterocycles. The third-order valence-electron chi connectivity index (χ3n) is 2.33. The Morgan fingerprint density at radius 1 is 1.27 bits per heavy atom. The van der Waals surface area contributed by atoms with Gasteiger partial charge in [0, 0.05) is 19.8 Å². The Kier molecular flexibility index (Phi) is 4.24. The highest BCUT2D eigenvalue weighted by molar-refractivity contribution is 4.92. The average Bonchev–Trinajstić information content (AvgIpc) is 1.87. The number of allylic oxidation sites excluding steroid dienone is 1. The predicted molar refractivity (Wildman–Crippen MR) is 51.4 cm³/mol. The monoisotopic (exact) mass is 155 g/mol. The Labute approximate surface area is 71.1 Å². The summed E-state index contributed by atoms with van der Waals surface area (Å²) >= 11 is 0. The van der Waals surface area contributed by atoms with Gasteiger partial charge < -0.3 is 4.90 Å². The van der Waals surface area contributed by atoms with Crippen molar-refractivity contribution < 1.29 is 0 Å². The first-order valence-corrected chi connectivity index (χ1v) is 4.30. The van der Waals surface area contributed by atoms with Gasteiger partial charge >= 0.3 is 0 Å². The van der Waals surface area contributed by atoms with Gasteiger partial charge in [-0.2, -0.15) is 0 Å². The van der Waals surface area contributed by atoms with Crippen molar-refractivity contribution in [2.75, 3.05) is 14.1 Å². The van der Waals surface area contributed by atoms with Crippen molar-refractivity contribution in [1.82, 2.24) is 4.90 Å². The van der Waals surface area contributed by atoms with E-state index in [1.807, 2.05) is 0 Å². The molecule has 0 aliphatic heterocycles. The van der Waals surface area contributed by atoms with Gasteiger partial charge in [-0.25, -0.2) is 0 Å². The molecule has 0 heterocycles. The van der Waals surface area contributed by atoms with Crippen LogP contribution in [0.4, 0.5) is 0 Å². The van der Waals surface area contributed by atoms with E-state index in [1.54, 1.807) is 0 Å². The lowest BCUT2D eigenvalue weighted by Crippen LogP contribution is -2.14. The first-order valence-electron chi connectivity index (χ1n) is 4.30. The van der Waals surface area contributed by atoms with Gasteiger partial charge in [0.25, 0.3) is 0 Å². The maximum Gasteiger partial charge on any atom is 0.00579 e. The van der Waals surface area contributed by atoms with Crippen LogP contribution >= 0.6 is 0 Å². The molecule has 0 bridgehead atoms. The predicted octanol–water partition coefficient (Wildman–Crippen LogP) is 2.74. The molecule has 0 aliphatic rings. The molecule has 0 unspecified atom stereocenters. The van der Waals surface area contributed by atoms with Gasteiger partial charge in [0.15, 0.2) is 0 Å². The third-order valence-corrected chi connectivity index (χ3v) is 2.33. The molecule has 0 aliphatic carbocycles. The van der Waals surface area contributed by atoms with Crippen molar-refractivity contribution in [3.05, 3.63) is 12.3 Å². The minimum absolute atomic E-state index is 0.741. The van der Waals surface area contributed by atoms with Gasteiger partial charge in [-0.15, -0.1) is 0 Å². The summed E-state index contributed by atoms with van der Waals surface area (Å²) in [5.74, 6) is 1.50. The molecular formula is C10H21N. The van der Waals surface area contributed by atoms with Gasteiger partial charge in [0.2, 0.25) is 0 Å². The molecule has 0 fully saturated rings. The molecule has 0 rings (SSSR count). The number of nitrogens with zero attached hydrogens (tertiary/aromatic N) is 1. The smallest absolute Gasteiger partial charge is 0.00579 e. The van der Waals surface area contributed by atoms with Crippen LogP contribution < -0.4 is 0 Å². The van der Waals surface area contributed by atoms with Crippen LogP contribution in [-0.4, -0.2) is 19.0 Å². The van der Waals surface area contributed by atoms with Gasteiger partial charge in [-0.1, -0.05) is 27.4 Å². The molecule has 66 valence electrons. The molecule has 1 heteroatoms. The molecule has 0 N–H and O–H groups in total. The summed E-state index contributed by atoms with van der Waals surface area (Å²) in [5, 5.41) is 0. The van der Waals surface area contributed by atoms with Crippen LogP contribution in [0.15, 0.2) is 12.3 Å². The van der Waals surface area contributed by atoms with E-state index in [1.165, 1.54) is 5.70 Å². The molecule has 11 heavy (non-hydrogen) atoms. The Morgan fingerprint density at radius 3 is 2.00 bits per heavy atom. The summed E-state index contributed by atoms with van der Waals surface area (Å²) in [6.07, 6.45) is 1.12. The van der Waals surface area contributed by atoms with E-state index in [9.17, 15) is 0 Å². The first kappa shape index (κ1) is 10.5. The second-order valence-corrected chi connectivity index (χ2v) is 3.89. The van der Waals surface area contributed by atoms with Crippen LogP contribution in [0, 0.1) is 11.8 Å². The summed E-state index contributed by atoms with van der Waals surface area (Å²) in [6, 6.07) is 0. The van der Waals surface area contributed by atoms with E-state index in [-0.39, 0.29) is 0 Å².